The van der Waals surface area contributed by atoms with E-state index in [2.05, 4.69) is 15.6 Å². The van der Waals surface area contributed by atoms with Crippen molar-refractivity contribution < 1.29 is 9.59 Å². The molecule has 1 aromatic carbocycles. The van der Waals surface area contributed by atoms with Gasteiger partial charge in [0.25, 0.3) is 11.5 Å². The molecule has 8 heteroatoms. The lowest BCUT2D eigenvalue weighted by Crippen LogP contribution is -2.27. The van der Waals surface area contributed by atoms with E-state index in [1.807, 2.05) is 0 Å². The third-order valence-corrected chi connectivity index (χ3v) is 4.28. The molecule has 0 saturated heterocycles. The van der Waals surface area contributed by atoms with Crippen LogP contribution >= 0.6 is 11.3 Å². The van der Waals surface area contributed by atoms with Crippen molar-refractivity contribution in [2.75, 3.05) is 12.4 Å². The molecule has 0 bridgehead atoms. The molecular weight excluding hydrogens is 328 g/mol. The van der Waals surface area contributed by atoms with Crippen LogP contribution in [0.2, 0.25) is 0 Å². The molecule has 0 atom stereocenters. The second kappa shape index (κ2) is 6.63. The van der Waals surface area contributed by atoms with Gasteiger partial charge in [0, 0.05) is 18.3 Å². The number of nitrogens with one attached hydrogen (secondary N) is 2. The van der Waals surface area contributed by atoms with E-state index in [0.29, 0.717) is 21.5 Å². The predicted molar refractivity (Wildman–Crippen MR) is 92.3 cm³/mol. The Morgan fingerprint density at radius 3 is 2.92 bits per heavy atom. The number of benzene rings is 1. The molecule has 0 aliphatic carbocycles. The molecule has 122 valence electrons. The van der Waals surface area contributed by atoms with Gasteiger partial charge in [0.2, 0.25) is 5.91 Å². The molecule has 2 N–H and O–H groups in total. The van der Waals surface area contributed by atoms with Gasteiger partial charge in [-0.1, -0.05) is 6.07 Å². The fourth-order valence-electron chi connectivity index (χ4n) is 2.23. The zero-order valence-corrected chi connectivity index (χ0v) is 13.6. The summed E-state index contributed by atoms with van der Waals surface area (Å²) >= 11 is 1.29. The van der Waals surface area contributed by atoms with Crippen molar-refractivity contribution in [2.45, 2.75) is 6.54 Å². The van der Waals surface area contributed by atoms with Crippen LogP contribution in [0.15, 0.2) is 46.8 Å². The zero-order valence-electron chi connectivity index (χ0n) is 12.8. The van der Waals surface area contributed by atoms with Crippen LogP contribution in [0.5, 0.6) is 0 Å². The maximum Gasteiger partial charge on any atom is 0.271 e. The number of hydrogen-bond acceptors (Lipinski definition) is 5. The minimum atomic E-state index is -0.371. The van der Waals surface area contributed by atoms with Crippen molar-refractivity contribution in [1.82, 2.24) is 14.9 Å². The summed E-state index contributed by atoms with van der Waals surface area (Å²) in [7, 11) is 1.54. The van der Waals surface area contributed by atoms with Gasteiger partial charge in [-0.25, -0.2) is 4.98 Å². The van der Waals surface area contributed by atoms with Crippen LogP contribution in [0.3, 0.4) is 0 Å². The summed E-state index contributed by atoms with van der Waals surface area (Å²) < 4.78 is 1.78. The van der Waals surface area contributed by atoms with Crippen LogP contribution in [0.25, 0.3) is 10.2 Å². The highest BCUT2D eigenvalue weighted by molar-refractivity contribution is 7.17. The molecule has 0 fully saturated rings. The molecule has 0 saturated carbocycles. The summed E-state index contributed by atoms with van der Waals surface area (Å²) in [4.78, 5) is 40.2. The molecular formula is C16H14N4O3S. The molecule has 0 spiro atoms. The molecule has 24 heavy (non-hydrogen) atoms. The molecule has 2 amide bonds. The van der Waals surface area contributed by atoms with E-state index < -0.39 is 0 Å². The van der Waals surface area contributed by atoms with Gasteiger partial charge in [-0.2, -0.15) is 0 Å². The number of carbonyl (C=O) groups is 2. The first-order valence-corrected chi connectivity index (χ1v) is 8.01. The van der Waals surface area contributed by atoms with Crippen LogP contribution in [-0.2, 0) is 11.3 Å². The number of nitrogens with zero attached hydrogens (tertiary/aromatic N) is 2. The predicted octanol–water partition coefficient (Wildman–Crippen LogP) is 1.46. The van der Waals surface area contributed by atoms with E-state index in [4.69, 9.17) is 0 Å². The molecule has 3 aromatic rings. The maximum absolute atomic E-state index is 12.3. The van der Waals surface area contributed by atoms with E-state index in [0.717, 1.165) is 0 Å². The van der Waals surface area contributed by atoms with Crippen LogP contribution in [0, 0.1) is 0 Å². The molecule has 0 unspecified atom stereocenters. The van der Waals surface area contributed by atoms with Crippen LogP contribution in [0.1, 0.15) is 10.4 Å². The highest BCUT2D eigenvalue weighted by Crippen LogP contribution is 2.13. The largest absolute Gasteiger partial charge is 0.355 e. The number of amides is 2. The topological polar surface area (TPSA) is 93.1 Å². The first-order chi connectivity index (χ1) is 11.6. The van der Waals surface area contributed by atoms with Crippen molar-refractivity contribution in [1.29, 1.82) is 0 Å². The lowest BCUT2D eigenvalue weighted by atomic mass is 10.2. The van der Waals surface area contributed by atoms with Gasteiger partial charge in [-0.3, -0.25) is 19.0 Å². The quantitative estimate of drug-likeness (QED) is 0.751. The summed E-state index contributed by atoms with van der Waals surface area (Å²) in [5, 5.41) is 6.98. The Balaban J connectivity index is 1.76. The van der Waals surface area contributed by atoms with Gasteiger partial charge >= 0.3 is 0 Å². The van der Waals surface area contributed by atoms with Crippen LogP contribution in [0.4, 0.5) is 5.69 Å². The summed E-state index contributed by atoms with van der Waals surface area (Å²) in [5.74, 6) is -0.612. The Morgan fingerprint density at radius 1 is 1.29 bits per heavy atom. The second-order valence-corrected chi connectivity index (χ2v) is 5.94. The van der Waals surface area contributed by atoms with Crippen molar-refractivity contribution >= 4 is 39.1 Å². The summed E-state index contributed by atoms with van der Waals surface area (Å²) in [6.07, 6.45) is 1.36. The first kappa shape index (κ1) is 15.9. The van der Waals surface area contributed by atoms with Gasteiger partial charge in [-0.15, -0.1) is 11.3 Å². The third-order valence-electron chi connectivity index (χ3n) is 3.39. The van der Waals surface area contributed by atoms with E-state index in [-0.39, 0.29) is 23.9 Å². The molecule has 0 aliphatic rings. The van der Waals surface area contributed by atoms with Gasteiger partial charge in [0.05, 0.1) is 11.8 Å². The van der Waals surface area contributed by atoms with Gasteiger partial charge in [0.1, 0.15) is 11.2 Å². The molecule has 2 heterocycles. The molecule has 0 radical (unpaired) electrons. The minimum absolute atomic E-state index is 0.149. The fraction of sp³-hybridized carbons (Fsp3) is 0.125. The molecule has 2 aromatic heterocycles. The average molecular weight is 342 g/mol. The molecule has 3 rings (SSSR count). The zero-order chi connectivity index (χ0) is 17.1. The lowest BCUT2D eigenvalue weighted by Gasteiger charge is -2.08. The number of thiophene rings is 1. The second-order valence-electron chi connectivity index (χ2n) is 5.02. The highest BCUT2D eigenvalue weighted by atomic mass is 32.1. The van der Waals surface area contributed by atoms with E-state index in [1.165, 1.54) is 29.3 Å². The first-order valence-electron chi connectivity index (χ1n) is 7.13. The number of hydrogen-bond donors (Lipinski definition) is 2. The SMILES string of the molecule is CNC(=O)c1cccc(NC(=O)Cn2cnc3ccsc3c2=O)c1. The maximum atomic E-state index is 12.3. The number of anilines is 1. The number of carbonyl (C=O) groups excluding carboxylic acids is 2. The Bertz CT molecular complexity index is 977. The number of fused-ring (bicyclic) bond motifs is 1. The van der Waals surface area contributed by atoms with Crippen molar-refractivity contribution in [3.05, 3.63) is 58.0 Å². The fourth-order valence-corrected chi connectivity index (χ4v) is 3.02. The van der Waals surface area contributed by atoms with Gasteiger partial charge < -0.3 is 10.6 Å². The van der Waals surface area contributed by atoms with Crippen molar-refractivity contribution in [2.24, 2.45) is 0 Å². The van der Waals surface area contributed by atoms with Gasteiger partial charge in [0.15, 0.2) is 0 Å². The molecule has 0 aliphatic heterocycles. The normalized spacial score (nSPS) is 10.5. The number of rotatable bonds is 4. The summed E-state index contributed by atoms with van der Waals surface area (Å²) in [5.41, 5.74) is 1.30. The Kier molecular flexibility index (Phi) is 4.39. The van der Waals surface area contributed by atoms with Crippen molar-refractivity contribution in [3.8, 4) is 0 Å². The van der Waals surface area contributed by atoms with Crippen LogP contribution < -0.4 is 16.2 Å². The molecule has 7 nitrogen and oxygen atoms in total. The third kappa shape index (κ3) is 3.18. The van der Waals surface area contributed by atoms with Crippen molar-refractivity contribution in [3.63, 3.8) is 0 Å². The van der Waals surface area contributed by atoms with E-state index >= 15 is 0 Å². The standard InChI is InChI=1S/C16H14N4O3S/c1-17-15(22)10-3-2-4-11(7-10)19-13(21)8-20-9-18-12-5-6-24-14(12)16(20)23/h2-7,9H,8H2,1H3,(H,17,22)(H,19,21). The Hall–Kier alpha value is -3.00. The lowest BCUT2D eigenvalue weighted by molar-refractivity contribution is -0.116. The number of aromatic nitrogens is 2. The Morgan fingerprint density at radius 2 is 2.12 bits per heavy atom. The smallest absolute Gasteiger partial charge is 0.271 e. The summed E-state index contributed by atoms with van der Waals surface area (Å²) in [6, 6.07) is 8.32. The highest BCUT2D eigenvalue weighted by Gasteiger charge is 2.10. The van der Waals surface area contributed by atoms with Crippen LogP contribution in [-0.4, -0.2) is 28.4 Å². The minimum Gasteiger partial charge on any atom is -0.355 e. The van der Waals surface area contributed by atoms with E-state index in [9.17, 15) is 14.4 Å². The van der Waals surface area contributed by atoms with Gasteiger partial charge in [-0.05, 0) is 29.6 Å². The Labute approximate surface area is 141 Å². The van der Waals surface area contributed by atoms with E-state index in [1.54, 1.807) is 35.7 Å². The monoisotopic (exact) mass is 342 g/mol. The average Bonchev–Trinajstić information content (AvgIpc) is 3.06. The summed E-state index contributed by atoms with van der Waals surface area (Å²) in [6.45, 7) is -0.149.